The summed E-state index contributed by atoms with van der Waals surface area (Å²) in [6.45, 7) is 0.351. The zero-order valence-electron chi connectivity index (χ0n) is 8.31. The van der Waals surface area contributed by atoms with Gasteiger partial charge in [-0.2, -0.15) is 0 Å². The molecule has 0 aromatic carbocycles. The van der Waals surface area contributed by atoms with E-state index in [-0.39, 0.29) is 0 Å². The molecule has 1 heterocycles. The summed E-state index contributed by atoms with van der Waals surface area (Å²) in [5, 5.41) is 10.5. The molecule has 1 unspecified atom stereocenters. The number of rotatable bonds is 4. The molecule has 3 nitrogen and oxygen atoms in total. The average molecular weight is 193 g/mol. The zero-order valence-corrected chi connectivity index (χ0v) is 8.31. The van der Waals surface area contributed by atoms with Crippen LogP contribution in [0.5, 0.6) is 0 Å². The summed E-state index contributed by atoms with van der Waals surface area (Å²) in [5.41, 5.74) is 0.0348. The molecule has 1 aromatic rings. The Labute approximate surface area is 83.7 Å². The van der Waals surface area contributed by atoms with Crippen molar-refractivity contribution in [2.24, 2.45) is 5.92 Å². The van der Waals surface area contributed by atoms with Crippen molar-refractivity contribution in [2.45, 2.75) is 18.4 Å². The van der Waals surface area contributed by atoms with Gasteiger partial charge in [0, 0.05) is 25.1 Å². The van der Waals surface area contributed by atoms with E-state index < -0.39 is 5.60 Å². The Kier molecular flexibility index (Phi) is 2.52. The Hall–Kier alpha value is -0.930. The number of hydrogen-bond acceptors (Lipinski definition) is 3. The first kappa shape index (κ1) is 9.62. The summed E-state index contributed by atoms with van der Waals surface area (Å²) < 4.78 is 5.08. The van der Waals surface area contributed by atoms with Crippen LogP contribution < -0.4 is 0 Å². The first-order valence-electron chi connectivity index (χ1n) is 4.89. The lowest BCUT2D eigenvalue weighted by Gasteiger charge is -2.27. The number of aromatic nitrogens is 1. The van der Waals surface area contributed by atoms with Gasteiger partial charge in [-0.25, -0.2) is 0 Å². The van der Waals surface area contributed by atoms with Crippen LogP contribution in [0.1, 0.15) is 18.4 Å². The fraction of sp³-hybridized carbons (Fsp3) is 0.545. The lowest BCUT2D eigenvalue weighted by molar-refractivity contribution is -0.0534. The Morgan fingerprint density at radius 3 is 2.93 bits per heavy atom. The highest BCUT2D eigenvalue weighted by atomic mass is 16.5. The molecular weight excluding hydrogens is 178 g/mol. The zero-order chi connectivity index (χ0) is 10.0. The highest BCUT2D eigenvalue weighted by Gasteiger charge is 2.45. The van der Waals surface area contributed by atoms with E-state index in [1.165, 1.54) is 0 Å². The molecule has 3 heteroatoms. The highest BCUT2D eigenvalue weighted by molar-refractivity contribution is 5.21. The highest BCUT2D eigenvalue weighted by Crippen LogP contribution is 2.45. The molecule has 0 spiro atoms. The fourth-order valence-corrected chi connectivity index (χ4v) is 1.84. The third-order valence-corrected chi connectivity index (χ3v) is 2.78. The van der Waals surface area contributed by atoms with Crippen molar-refractivity contribution in [3.63, 3.8) is 0 Å². The molecule has 1 aliphatic rings. The normalized spacial score (nSPS) is 20.4. The van der Waals surface area contributed by atoms with Crippen LogP contribution in [0.4, 0.5) is 0 Å². The molecule has 0 aliphatic heterocycles. The van der Waals surface area contributed by atoms with Crippen molar-refractivity contribution < 1.29 is 9.84 Å². The van der Waals surface area contributed by atoms with E-state index in [9.17, 15) is 5.11 Å². The van der Waals surface area contributed by atoms with Gasteiger partial charge in [-0.15, -0.1) is 0 Å². The van der Waals surface area contributed by atoms with E-state index in [4.69, 9.17) is 4.74 Å². The maximum absolute atomic E-state index is 10.5. The third kappa shape index (κ3) is 1.65. The predicted molar refractivity (Wildman–Crippen MR) is 52.7 cm³/mol. The number of aliphatic hydroxyl groups is 1. The van der Waals surface area contributed by atoms with E-state index in [1.807, 2.05) is 12.1 Å². The van der Waals surface area contributed by atoms with Gasteiger partial charge in [0.1, 0.15) is 5.60 Å². The first-order chi connectivity index (χ1) is 6.77. The minimum absolute atomic E-state index is 0.339. The number of hydrogen-bond donors (Lipinski definition) is 1. The molecule has 0 bridgehead atoms. The molecule has 76 valence electrons. The predicted octanol–water partition coefficient (Wildman–Crippen LogP) is 1.33. The molecule has 0 amide bonds. The second kappa shape index (κ2) is 3.67. The minimum Gasteiger partial charge on any atom is -0.382 e. The minimum atomic E-state index is -0.830. The summed E-state index contributed by atoms with van der Waals surface area (Å²) in [6.07, 6.45) is 5.59. The lowest BCUT2D eigenvalue weighted by atomic mass is 9.91. The van der Waals surface area contributed by atoms with Gasteiger partial charge in [-0.1, -0.05) is 6.07 Å². The molecule has 14 heavy (non-hydrogen) atoms. The van der Waals surface area contributed by atoms with Crippen molar-refractivity contribution in [1.29, 1.82) is 0 Å². The summed E-state index contributed by atoms with van der Waals surface area (Å²) >= 11 is 0. The topological polar surface area (TPSA) is 42.4 Å². The van der Waals surface area contributed by atoms with Gasteiger partial charge in [0.15, 0.2) is 0 Å². The number of nitrogens with zero attached hydrogens (tertiary/aromatic N) is 1. The Morgan fingerprint density at radius 1 is 1.64 bits per heavy atom. The van der Waals surface area contributed by atoms with Crippen molar-refractivity contribution in [2.75, 3.05) is 13.7 Å². The molecule has 0 radical (unpaired) electrons. The molecule has 2 rings (SSSR count). The maximum Gasteiger partial charge on any atom is 0.117 e. The van der Waals surface area contributed by atoms with Crippen LogP contribution >= 0.6 is 0 Å². The maximum atomic E-state index is 10.5. The fourth-order valence-electron chi connectivity index (χ4n) is 1.84. The van der Waals surface area contributed by atoms with E-state index in [0.29, 0.717) is 12.5 Å². The van der Waals surface area contributed by atoms with E-state index in [2.05, 4.69) is 4.98 Å². The summed E-state index contributed by atoms with van der Waals surface area (Å²) in [6, 6.07) is 3.75. The molecule has 1 aromatic heterocycles. The SMILES string of the molecule is COCC(O)(c1cccnc1)C1CC1. The van der Waals surface area contributed by atoms with Crippen LogP contribution in [0.25, 0.3) is 0 Å². The van der Waals surface area contributed by atoms with Crippen molar-refractivity contribution in [1.82, 2.24) is 4.98 Å². The number of pyridine rings is 1. The van der Waals surface area contributed by atoms with Crippen LogP contribution in [-0.4, -0.2) is 23.8 Å². The number of methoxy groups -OCH3 is 1. The van der Waals surface area contributed by atoms with Gasteiger partial charge >= 0.3 is 0 Å². The Balaban J connectivity index is 2.26. The summed E-state index contributed by atoms with van der Waals surface area (Å²) in [4.78, 5) is 4.03. The average Bonchev–Trinajstić information content (AvgIpc) is 3.03. The molecule has 1 atom stereocenters. The molecular formula is C11H15NO2. The smallest absolute Gasteiger partial charge is 0.117 e. The van der Waals surface area contributed by atoms with Gasteiger partial charge < -0.3 is 9.84 Å². The van der Waals surface area contributed by atoms with Gasteiger partial charge in [0.05, 0.1) is 6.61 Å². The van der Waals surface area contributed by atoms with Gasteiger partial charge in [-0.05, 0) is 24.8 Å². The van der Waals surface area contributed by atoms with Crippen LogP contribution in [0.3, 0.4) is 0 Å². The van der Waals surface area contributed by atoms with Gasteiger partial charge in [0.2, 0.25) is 0 Å². The number of ether oxygens (including phenoxy) is 1. The molecule has 0 saturated heterocycles. The second-order valence-electron chi connectivity index (χ2n) is 3.87. The first-order valence-corrected chi connectivity index (χ1v) is 4.89. The Morgan fingerprint density at radius 2 is 2.43 bits per heavy atom. The van der Waals surface area contributed by atoms with Gasteiger partial charge in [0.25, 0.3) is 0 Å². The van der Waals surface area contributed by atoms with Crippen molar-refractivity contribution >= 4 is 0 Å². The molecule has 1 aliphatic carbocycles. The quantitative estimate of drug-likeness (QED) is 0.784. The largest absolute Gasteiger partial charge is 0.382 e. The van der Waals surface area contributed by atoms with Crippen molar-refractivity contribution in [3.8, 4) is 0 Å². The molecule has 1 N–H and O–H groups in total. The molecule has 1 saturated carbocycles. The van der Waals surface area contributed by atoms with Crippen LogP contribution in [0.15, 0.2) is 24.5 Å². The summed E-state index contributed by atoms with van der Waals surface area (Å²) in [7, 11) is 1.61. The second-order valence-corrected chi connectivity index (χ2v) is 3.87. The van der Waals surface area contributed by atoms with E-state index in [0.717, 1.165) is 18.4 Å². The van der Waals surface area contributed by atoms with E-state index >= 15 is 0 Å². The Bertz CT molecular complexity index is 297. The van der Waals surface area contributed by atoms with Crippen LogP contribution in [-0.2, 0) is 10.3 Å². The standard InChI is InChI=1S/C11H15NO2/c1-14-8-11(13,9-4-5-9)10-3-2-6-12-7-10/h2-3,6-7,9,13H,4-5,8H2,1H3. The third-order valence-electron chi connectivity index (χ3n) is 2.78. The monoisotopic (exact) mass is 193 g/mol. The van der Waals surface area contributed by atoms with Crippen LogP contribution in [0, 0.1) is 5.92 Å². The van der Waals surface area contributed by atoms with E-state index in [1.54, 1.807) is 19.5 Å². The van der Waals surface area contributed by atoms with Crippen LogP contribution in [0.2, 0.25) is 0 Å². The lowest BCUT2D eigenvalue weighted by Crippen LogP contribution is -2.33. The van der Waals surface area contributed by atoms with Gasteiger partial charge in [-0.3, -0.25) is 4.98 Å². The molecule has 1 fully saturated rings. The van der Waals surface area contributed by atoms with Crippen molar-refractivity contribution in [3.05, 3.63) is 30.1 Å². The summed E-state index contributed by atoms with van der Waals surface area (Å²) in [5.74, 6) is 0.339.